The van der Waals surface area contributed by atoms with Crippen LogP contribution in [-0.4, -0.2) is 42.3 Å². The summed E-state index contributed by atoms with van der Waals surface area (Å²) in [5.74, 6) is -3.47. The number of carbonyl (C=O) groups excluding carboxylic acids is 3. The zero-order valence-corrected chi connectivity index (χ0v) is 19.1. The van der Waals surface area contributed by atoms with Crippen molar-refractivity contribution in [3.63, 3.8) is 0 Å². The number of urea groups is 1. The maximum absolute atomic E-state index is 12.2. The number of alkyl halides is 3. The van der Waals surface area contributed by atoms with Crippen LogP contribution in [0.3, 0.4) is 0 Å². The topological polar surface area (TPSA) is 114 Å². The van der Waals surface area contributed by atoms with Crippen molar-refractivity contribution < 1.29 is 32.4 Å². The summed E-state index contributed by atoms with van der Waals surface area (Å²) in [6.07, 6.45) is 10.3. The molecule has 0 rings (SSSR count). The molecule has 0 atom stereocenters. The second-order valence-electron chi connectivity index (χ2n) is 7.79. The van der Waals surface area contributed by atoms with Gasteiger partial charge in [-0.05, 0) is 25.9 Å². The molecule has 0 aliphatic rings. The lowest BCUT2D eigenvalue weighted by atomic mass is 10.1. The highest BCUT2D eigenvalue weighted by molar-refractivity contribution is 5.82. The van der Waals surface area contributed by atoms with E-state index < -0.39 is 24.1 Å². The van der Waals surface area contributed by atoms with Crippen molar-refractivity contribution in [1.82, 2.24) is 15.9 Å². The molecular weight excluding hydrogens is 429 g/mol. The van der Waals surface area contributed by atoms with Crippen LogP contribution >= 0.6 is 0 Å². The lowest BCUT2D eigenvalue weighted by Gasteiger charge is -2.19. The minimum absolute atomic E-state index is 0.0845. The summed E-state index contributed by atoms with van der Waals surface area (Å²) in [5.41, 5.74) is 6.50. The predicted molar refractivity (Wildman–Crippen MR) is 115 cm³/mol. The summed E-state index contributed by atoms with van der Waals surface area (Å²) in [6.45, 7) is 3.57. The second-order valence-corrected chi connectivity index (χ2v) is 7.79. The Balaban J connectivity index is 3.60. The molecule has 0 aromatic rings. The molecule has 3 amide bonds. The van der Waals surface area contributed by atoms with Gasteiger partial charge in [0, 0.05) is 6.42 Å². The fourth-order valence-electron chi connectivity index (χ4n) is 3.02. The summed E-state index contributed by atoms with van der Waals surface area (Å²) in [4.78, 5) is 37.1. The van der Waals surface area contributed by atoms with Gasteiger partial charge in [-0.15, -0.1) is 0 Å². The Labute approximate surface area is 188 Å². The first-order chi connectivity index (χ1) is 15.2. The van der Waals surface area contributed by atoms with E-state index in [4.69, 9.17) is 5.73 Å². The van der Waals surface area contributed by atoms with Crippen LogP contribution in [-0.2, 0) is 14.4 Å². The summed E-state index contributed by atoms with van der Waals surface area (Å²) in [7, 11) is 0. The number of carbonyl (C=O) groups is 3. The van der Waals surface area contributed by atoms with Gasteiger partial charge in [0.05, 0.1) is 0 Å². The van der Waals surface area contributed by atoms with Gasteiger partial charge < -0.3 is 15.9 Å². The van der Waals surface area contributed by atoms with Crippen molar-refractivity contribution in [3.05, 3.63) is 0 Å². The van der Waals surface area contributed by atoms with Gasteiger partial charge in [0.25, 0.3) is 0 Å². The van der Waals surface area contributed by atoms with Crippen LogP contribution in [0.1, 0.15) is 96.8 Å². The molecule has 0 aliphatic heterocycles. The van der Waals surface area contributed by atoms with Crippen LogP contribution in [0.15, 0.2) is 0 Å². The largest absolute Gasteiger partial charge is 0.493 e. The Hall–Kier alpha value is -2.04. The van der Waals surface area contributed by atoms with E-state index in [0.29, 0.717) is 13.0 Å². The van der Waals surface area contributed by atoms with Crippen molar-refractivity contribution in [2.75, 3.05) is 13.1 Å². The van der Waals surface area contributed by atoms with Crippen molar-refractivity contribution >= 4 is 17.9 Å². The highest BCUT2D eigenvalue weighted by atomic mass is 19.4. The Morgan fingerprint density at radius 3 is 1.75 bits per heavy atom. The number of primary amides is 1. The molecule has 32 heavy (non-hydrogen) atoms. The van der Waals surface area contributed by atoms with Gasteiger partial charge in [-0.2, -0.15) is 13.2 Å². The summed E-state index contributed by atoms with van der Waals surface area (Å²) >= 11 is 0. The molecule has 11 heteroatoms. The Morgan fingerprint density at radius 1 is 0.812 bits per heavy atom. The number of hydrazine groups is 1. The number of hydrogen-bond donors (Lipinski definition) is 3. The number of nitrogens with zero attached hydrogens (tertiary/aromatic N) is 1. The third-order valence-corrected chi connectivity index (χ3v) is 4.80. The van der Waals surface area contributed by atoms with E-state index in [-0.39, 0.29) is 11.6 Å². The molecule has 4 N–H and O–H groups in total. The first-order valence-electron chi connectivity index (χ1n) is 11.6. The third-order valence-electron chi connectivity index (χ3n) is 4.80. The molecule has 0 spiro atoms. The molecule has 0 aromatic carbocycles. The van der Waals surface area contributed by atoms with Crippen LogP contribution in [0.5, 0.6) is 0 Å². The molecule has 0 unspecified atom stereocenters. The maximum atomic E-state index is 12.2. The van der Waals surface area contributed by atoms with Crippen molar-refractivity contribution in [3.8, 4) is 0 Å². The number of unbranched alkanes of at least 4 members (excludes halogenated alkanes) is 11. The Kier molecular flexibility index (Phi) is 17.3. The van der Waals surface area contributed by atoms with E-state index in [9.17, 15) is 27.6 Å². The van der Waals surface area contributed by atoms with E-state index in [1.165, 1.54) is 64.2 Å². The normalized spacial score (nSPS) is 11.2. The molecule has 0 aromatic heterocycles. The van der Waals surface area contributed by atoms with E-state index in [0.717, 1.165) is 19.4 Å². The first kappa shape index (κ1) is 30.0. The summed E-state index contributed by atoms with van der Waals surface area (Å²) in [5, 5.41) is 2.86. The Morgan fingerprint density at radius 2 is 1.28 bits per heavy atom. The third kappa shape index (κ3) is 17.6. The number of nitrogens with one attached hydrogen (secondary N) is 2. The lowest BCUT2D eigenvalue weighted by Crippen LogP contribution is -2.51. The van der Waals surface area contributed by atoms with E-state index in [1.54, 1.807) is 5.43 Å². The van der Waals surface area contributed by atoms with Gasteiger partial charge in [-0.3, -0.25) is 4.79 Å². The van der Waals surface area contributed by atoms with Gasteiger partial charge >= 0.3 is 18.2 Å². The summed E-state index contributed by atoms with van der Waals surface area (Å²) < 4.78 is 36.5. The van der Waals surface area contributed by atoms with Crippen LogP contribution in [0.25, 0.3) is 0 Å². The smallest absolute Gasteiger partial charge is 0.347 e. The molecule has 188 valence electrons. The van der Waals surface area contributed by atoms with E-state index in [2.05, 4.69) is 17.1 Å². The van der Waals surface area contributed by atoms with Crippen LogP contribution < -0.4 is 16.5 Å². The molecule has 0 saturated carbocycles. The highest BCUT2D eigenvalue weighted by Crippen LogP contribution is 2.17. The standard InChI is InChI=1S/C21H39F3N4O4/c1-2-3-4-5-6-7-8-9-10-11-12-13-16-26-17-14-15-18(29)27-28(20(25)31)32-19(30)21(22,23)24/h26H,2-17H2,1H3,(H2,25,31)(H,27,29). The monoisotopic (exact) mass is 468 g/mol. The molecule has 0 heterocycles. The molecule has 0 saturated heterocycles. The number of rotatable bonds is 17. The lowest BCUT2D eigenvalue weighted by molar-refractivity contribution is -0.235. The average Bonchev–Trinajstić information content (AvgIpc) is 2.72. The molecule has 8 nitrogen and oxygen atoms in total. The SMILES string of the molecule is CCCCCCCCCCCCCCNCCCC(=O)NN(OC(=O)C(F)(F)F)C(N)=O. The zero-order chi connectivity index (χ0) is 24.2. The first-order valence-corrected chi connectivity index (χ1v) is 11.6. The van der Waals surface area contributed by atoms with Crippen LogP contribution in [0.4, 0.5) is 18.0 Å². The van der Waals surface area contributed by atoms with Crippen LogP contribution in [0, 0.1) is 0 Å². The number of nitrogens with two attached hydrogens (primary N) is 1. The van der Waals surface area contributed by atoms with E-state index >= 15 is 0 Å². The van der Waals surface area contributed by atoms with Gasteiger partial charge in [-0.25, -0.2) is 15.0 Å². The number of halogens is 3. The quantitative estimate of drug-likeness (QED) is 0.215. The van der Waals surface area contributed by atoms with Crippen molar-refractivity contribution in [2.45, 2.75) is 103 Å². The minimum atomic E-state index is -5.32. The van der Waals surface area contributed by atoms with Crippen molar-refractivity contribution in [2.24, 2.45) is 5.73 Å². The molecular formula is C21H39F3N4O4. The van der Waals surface area contributed by atoms with Gasteiger partial charge in [0.15, 0.2) is 0 Å². The molecule has 0 bridgehead atoms. The zero-order valence-electron chi connectivity index (χ0n) is 19.1. The average molecular weight is 469 g/mol. The minimum Gasteiger partial charge on any atom is -0.347 e. The van der Waals surface area contributed by atoms with Crippen molar-refractivity contribution in [1.29, 1.82) is 0 Å². The number of amides is 3. The molecule has 0 fully saturated rings. The van der Waals surface area contributed by atoms with Gasteiger partial charge in [-0.1, -0.05) is 82.7 Å². The molecule has 0 radical (unpaired) electrons. The number of hydroxylamine groups is 1. The summed E-state index contributed by atoms with van der Waals surface area (Å²) in [6, 6.07) is -1.55. The second kappa shape index (κ2) is 18.5. The highest BCUT2D eigenvalue weighted by Gasteiger charge is 2.43. The van der Waals surface area contributed by atoms with E-state index in [1.807, 2.05) is 0 Å². The van der Waals surface area contributed by atoms with Crippen LogP contribution in [0.2, 0.25) is 0 Å². The van der Waals surface area contributed by atoms with Gasteiger partial charge in [0.1, 0.15) is 0 Å². The number of hydrogen-bond acceptors (Lipinski definition) is 5. The predicted octanol–water partition coefficient (Wildman–Crippen LogP) is 4.49. The fourth-order valence-corrected chi connectivity index (χ4v) is 3.02. The fraction of sp³-hybridized carbons (Fsp3) is 0.857. The maximum Gasteiger partial charge on any atom is 0.493 e. The Bertz CT molecular complexity index is 534. The van der Waals surface area contributed by atoms with Gasteiger partial charge in [0.2, 0.25) is 5.91 Å². The molecule has 0 aliphatic carbocycles.